The first-order valence-corrected chi connectivity index (χ1v) is 8.24. The number of nitrogens with zero attached hydrogens (tertiary/aromatic N) is 2. The first-order chi connectivity index (χ1) is 12.3. The van der Waals surface area contributed by atoms with Crippen LogP contribution in [0.5, 0.6) is 0 Å². The molecule has 4 nitrogen and oxygen atoms in total. The molecule has 0 aliphatic carbocycles. The predicted octanol–water partition coefficient (Wildman–Crippen LogP) is 4.53. The van der Waals surface area contributed by atoms with Crippen molar-refractivity contribution in [3.63, 3.8) is 0 Å². The quantitative estimate of drug-likeness (QED) is 0.596. The Bertz CT molecular complexity index is 851. The number of rotatable bonds is 1. The second-order valence-corrected chi connectivity index (χ2v) is 6.53. The van der Waals surface area contributed by atoms with E-state index < -0.39 is 17.7 Å². The Balaban J connectivity index is 1.54. The van der Waals surface area contributed by atoms with Gasteiger partial charge in [0.2, 0.25) is 5.95 Å². The molecular formula is C18H15F4N3O. The Morgan fingerprint density at radius 2 is 1.88 bits per heavy atom. The first-order valence-electron chi connectivity index (χ1n) is 8.24. The van der Waals surface area contributed by atoms with Gasteiger partial charge in [0.05, 0.1) is 11.6 Å². The predicted molar refractivity (Wildman–Crippen MR) is 86.0 cm³/mol. The van der Waals surface area contributed by atoms with Crippen molar-refractivity contribution in [2.45, 2.75) is 37.5 Å². The van der Waals surface area contributed by atoms with Crippen molar-refractivity contribution in [3.8, 4) is 0 Å². The Kier molecular flexibility index (Phi) is 3.86. The highest BCUT2D eigenvalue weighted by atomic mass is 19.4. The minimum atomic E-state index is -4.42. The fourth-order valence-corrected chi connectivity index (χ4v) is 3.86. The van der Waals surface area contributed by atoms with E-state index in [-0.39, 0.29) is 23.8 Å². The van der Waals surface area contributed by atoms with Crippen LogP contribution in [0.4, 0.5) is 28.0 Å². The normalized spacial score (nSPS) is 21.5. The summed E-state index contributed by atoms with van der Waals surface area (Å²) in [6.07, 6.45) is -1.16. The summed E-state index contributed by atoms with van der Waals surface area (Å²) < 4.78 is 51.8. The number of carbonyl (C=O) groups excluding carboxylic acids is 1. The molecule has 1 aromatic heterocycles. The van der Waals surface area contributed by atoms with E-state index in [9.17, 15) is 22.4 Å². The molecule has 2 aromatic rings. The third-order valence-corrected chi connectivity index (χ3v) is 5.04. The lowest BCUT2D eigenvalue weighted by Crippen LogP contribution is -2.44. The van der Waals surface area contributed by atoms with E-state index in [1.165, 1.54) is 18.3 Å². The molecule has 2 unspecified atom stereocenters. The van der Waals surface area contributed by atoms with Gasteiger partial charge in [0.25, 0.3) is 0 Å². The molecule has 1 N–H and O–H groups in total. The van der Waals surface area contributed by atoms with Crippen molar-refractivity contribution < 1.29 is 22.4 Å². The van der Waals surface area contributed by atoms with Gasteiger partial charge in [-0.15, -0.1) is 0 Å². The third kappa shape index (κ3) is 2.79. The lowest BCUT2D eigenvalue weighted by Gasteiger charge is -2.36. The molecule has 2 aliphatic heterocycles. The molecular weight excluding hydrogens is 350 g/mol. The molecule has 1 fully saturated rings. The molecule has 0 radical (unpaired) electrons. The Morgan fingerprint density at radius 1 is 1.15 bits per heavy atom. The first kappa shape index (κ1) is 16.8. The van der Waals surface area contributed by atoms with Crippen molar-refractivity contribution in [1.82, 2.24) is 9.88 Å². The lowest BCUT2D eigenvalue weighted by molar-refractivity contribution is -0.137. The molecule has 8 heteroatoms. The van der Waals surface area contributed by atoms with Gasteiger partial charge in [-0.3, -0.25) is 0 Å². The molecule has 2 aliphatic rings. The Morgan fingerprint density at radius 3 is 2.58 bits per heavy atom. The van der Waals surface area contributed by atoms with E-state index in [0.29, 0.717) is 12.0 Å². The van der Waals surface area contributed by atoms with Gasteiger partial charge in [-0.2, -0.15) is 17.6 Å². The minimum Gasteiger partial charge on any atom is -0.314 e. The van der Waals surface area contributed by atoms with Crippen molar-refractivity contribution in [2.24, 2.45) is 0 Å². The smallest absolute Gasteiger partial charge is 0.314 e. The number of hydrogen-bond acceptors (Lipinski definition) is 2. The highest BCUT2D eigenvalue weighted by Gasteiger charge is 2.43. The molecule has 2 atom stereocenters. The fourth-order valence-electron chi connectivity index (χ4n) is 3.86. The van der Waals surface area contributed by atoms with E-state index in [2.05, 4.69) is 10.3 Å². The summed E-state index contributed by atoms with van der Waals surface area (Å²) in [6, 6.07) is 5.27. The zero-order valence-electron chi connectivity index (χ0n) is 13.6. The molecule has 4 rings (SSSR count). The van der Waals surface area contributed by atoms with Crippen molar-refractivity contribution in [1.29, 1.82) is 0 Å². The number of alkyl halides is 3. The number of anilines is 1. The summed E-state index contributed by atoms with van der Waals surface area (Å²) in [7, 11) is 0. The van der Waals surface area contributed by atoms with Crippen LogP contribution >= 0.6 is 0 Å². The summed E-state index contributed by atoms with van der Waals surface area (Å²) >= 11 is 0. The molecule has 1 aromatic carbocycles. The topological polar surface area (TPSA) is 45.2 Å². The van der Waals surface area contributed by atoms with Crippen LogP contribution in [-0.2, 0) is 12.6 Å². The fraction of sp³-hybridized carbons (Fsp3) is 0.333. The van der Waals surface area contributed by atoms with Gasteiger partial charge in [-0.05, 0) is 55.2 Å². The van der Waals surface area contributed by atoms with E-state index in [4.69, 9.17) is 0 Å². The van der Waals surface area contributed by atoms with Crippen LogP contribution in [0.3, 0.4) is 0 Å². The zero-order chi connectivity index (χ0) is 18.5. The van der Waals surface area contributed by atoms with Crippen molar-refractivity contribution in [2.75, 3.05) is 5.32 Å². The molecule has 0 spiro atoms. The molecule has 2 amide bonds. The number of nitrogens with one attached hydrogen (secondary N) is 1. The summed E-state index contributed by atoms with van der Waals surface area (Å²) in [5.41, 5.74) is 0.826. The molecule has 26 heavy (non-hydrogen) atoms. The maximum atomic E-state index is 13.9. The molecule has 136 valence electrons. The number of pyridine rings is 1. The molecule has 3 heterocycles. The van der Waals surface area contributed by atoms with Crippen LogP contribution in [0.25, 0.3) is 0 Å². The lowest BCUT2D eigenvalue weighted by atomic mass is 9.95. The number of hydrogen-bond donors (Lipinski definition) is 1. The van der Waals surface area contributed by atoms with Gasteiger partial charge in [0.1, 0.15) is 0 Å². The maximum absolute atomic E-state index is 13.9. The number of amides is 2. The second kappa shape index (κ2) is 5.96. The van der Waals surface area contributed by atoms with E-state index in [1.807, 2.05) is 0 Å². The largest absolute Gasteiger partial charge is 0.416 e. The Hall–Kier alpha value is -2.64. The van der Waals surface area contributed by atoms with Gasteiger partial charge >= 0.3 is 12.2 Å². The van der Waals surface area contributed by atoms with Crippen LogP contribution in [-0.4, -0.2) is 22.0 Å². The van der Waals surface area contributed by atoms with Gasteiger partial charge in [-0.1, -0.05) is 0 Å². The summed E-state index contributed by atoms with van der Waals surface area (Å²) in [6.45, 7) is 0. The summed E-state index contributed by atoms with van der Waals surface area (Å²) in [5.74, 6) is -0.498. The third-order valence-electron chi connectivity index (χ3n) is 5.04. The van der Waals surface area contributed by atoms with Crippen LogP contribution in [0, 0.1) is 5.95 Å². The summed E-state index contributed by atoms with van der Waals surface area (Å²) in [5, 5.41) is 2.65. The number of benzene rings is 1. The average Bonchev–Trinajstić information content (AvgIpc) is 2.91. The highest BCUT2D eigenvalue weighted by molar-refractivity contribution is 5.90. The zero-order valence-corrected chi connectivity index (χ0v) is 13.6. The maximum Gasteiger partial charge on any atom is 0.416 e. The van der Waals surface area contributed by atoms with Crippen molar-refractivity contribution >= 4 is 11.7 Å². The van der Waals surface area contributed by atoms with Gasteiger partial charge < -0.3 is 10.2 Å². The van der Waals surface area contributed by atoms with Crippen molar-refractivity contribution in [3.05, 3.63) is 59.2 Å². The number of carbonyl (C=O) groups is 1. The van der Waals surface area contributed by atoms with Gasteiger partial charge in [-0.25, -0.2) is 9.78 Å². The van der Waals surface area contributed by atoms with Gasteiger partial charge in [0.15, 0.2) is 0 Å². The highest BCUT2D eigenvalue weighted by Crippen LogP contribution is 2.44. The molecule has 2 bridgehead atoms. The molecule has 0 saturated carbocycles. The number of aromatic nitrogens is 1. The van der Waals surface area contributed by atoms with Gasteiger partial charge in [0, 0.05) is 23.5 Å². The van der Waals surface area contributed by atoms with Crippen LogP contribution in [0.2, 0.25) is 0 Å². The average molecular weight is 365 g/mol. The van der Waals surface area contributed by atoms with Crippen LogP contribution in [0.1, 0.15) is 35.6 Å². The molecule has 1 saturated heterocycles. The monoisotopic (exact) mass is 365 g/mol. The minimum absolute atomic E-state index is 0.138. The van der Waals surface area contributed by atoms with E-state index >= 15 is 0 Å². The Labute approximate surface area is 146 Å². The van der Waals surface area contributed by atoms with E-state index in [1.54, 1.807) is 11.0 Å². The number of urea groups is 1. The van der Waals surface area contributed by atoms with Crippen LogP contribution in [0.15, 0.2) is 36.5 Å². The van der Waals surface area contributed by atoms with E-state index in [0.717, 1.165) is 30.5 Å². The SMILES string of the molecule is O=C(Nc1ccc(C(F)(F)F)cc1)N1C2CCC1c1ccnc(F)c1C2. The number of fused-ring (bicyclic) bond motifs is 4. The second-order valence-electron chi connectivity index (χ2n) is 6.53. The number of halogens is 4. The summed E-state index contributed by atoms with van der Waals surface area (Å²) in [4.78, 5) is 18.0. The standard InChI is InChI=1S/C18H15F4N3O/c19-16-14-9-12-5-6-15(13(14)7-8-23-16)25(12)17(26)24-11-3-1-10(2-4-11)18(20,21)22/h1-4,7-8,12,15H,5-6,9H2,(H,24,26). The van der Waals surface area contributed by atoms with Crippen LogP contribution < -0.4 is 5.32 Å².